The van der Waals surface area contributed by atoms with Crippen LogP contribution in [0.3, 0.4) is 0 Å². The van der Waals surface area contributed by atoms with E-state index in [0.29, 0.717) is 6.54 Å². The number of rotatable bonds is 4. The molecule has 0 fully saturated rings. The number of allylic oxidation sites excluding steroid dienone is 1. The van der Waals surface area contributed by atoms with Gasteiger partial charge >= 0.3 is 0 Å². The molecule has 6 heteroatoms. The molecule has 5 nitrogen and oxygen atoms in total. The zero-order valence-electron chi connectivity index (χ0n) is 12.8. The van der Waals surface area contributed by atoms with E-state index in [-0.39, 0.29) is 24.0 Å². The first-order valence-electron chi connectivity index (χ1n) is 7.42. The average Bonchev–Trinajstić information content (AvgIpc) is 2.86. The van der Waals surface area contributed by atoms with Crippen molar-refractivity contribution in [2.75, 3.05) is 12.8 Å². The van der Waals surface area contributed by atoms with Gasteiger partial charge in [0, 0.05) is 42.9 Å². The van der Waals surface area contributed by atoms with Gasteiger partial charge in [-0.1, -0.05) is 24.3 Å². The van der Waals surface area contributed by atoms with Gasteiger partial charge in [-0.15, -0.1) is 0 Å². The van der Waals surface area contributed by atoms with Gasteiger partial charge < -0.3 is 4.90 Å². The topological polar surface area (TPSA) is 67.3 Å². The van der Waals surface area contributed by atoms with Crippen molar-refractivity contribution in [2.24, 2.45) is 5.92 Å². The second-order valence-corrected chi connectivity index (χ2v) is 7.79. The Labute approximate surface area is 135 Å². The minimum Gasteiger partial charge on any atom is -0.341 e. The number of hydrogen-bond acceptors (Lipinski definition) is 4. The summed E-state index contributed by atoms with van der Waals surface area (Å²) in [6.07, 6.45) is 3.58. The second-order valence-electron chi connectivity index (χ2n) is 5.86. The zero-order chi connectivity index (χ0) is 16.4. The fraction of sp³-hybridized carbons (Fsp3) is 0.294. The van der Waals surface area contributed by atoms with Gasteiger partial charge in [0.25, 0.3) is 0 Å². The first kappa shape index (κ1) is 15.7. The Balaban J connectivity index is 1.70. The smallest absolute Gasteiger partial charge is 0.223 e. The zero-order valence-corrected chi connectivity index (χ0v) is 13.7. The minimum absolute atomic E-state index is 0.0325. The summed E-state index contributed by atoms with van der Waals surface area (Å²) in [5.74, 6) is -0.244. The van der Waals surface area contributed by atoms with Crippen molar-refractivity contribution in [3.63, 3.8) is 0 Å². The van der Waals surface area contributed by atoms with E-state index in [2.05, 4.69) is 4.98 Å². The highest BCUT2D eigenvalue weighted by Crippen LogP contribution is 2.21. The maximum atomic E-state index is 12.3. The van der Waals surface area contributed by atoms with E-state index in [1.165, 1.54) is 5.41 Å². The lowest BCUT2D eigenvalue weighted by Gasteiger charge is -2.19. The predicted molar refractivity (Wildman–Crippen MR) is 89.3 cm³/mol. The molecule has 3 rings (SSSR count). The maximum absolute atomic E-state index is 12.3. The molecule has 1 aliphatic heterocycles. The molecule has 0 radical (unpaired) electrons. The third-order valence-corrected chi connectivity index (χ3v) is 5.48. The van der Waals surface area contributed by atoms with Crippen LogP contribution in [-0.4, -0.2) is 37.0 Å². The van der Waals surface area contributed by atoms with Gasteiger partial charge in [0.05, 0.1) is 11.3 Å². The molecule has 1 aromatic carbocycles. The fourth-order valence-electron chi connectivity index (χ4n) is 2.80. The number of nitrogens with zero attached hydrogens (tertiary/aromatic N) is 2. The van der Waals surface area contributed by atoms with Crippen molar-refractivity contribution >= 4 is 26.6 Å². The standard InChI is InChI=1S/C17H18N2O3S/c1-19(17(20)10-13-7-9-23(21,22)12-13)11-14-4-2-6-16-15(14)5-3-8-18-16/h2-9,13H,10-12H2,1H3/t13-/m1/s1. The lowest BCUT2D eigenvalue weighted by molar-refractivity contribution is -0.130. The van der Waals surface area contributed by atoms with Crippen molar-refractivity contribution < 1.29 is 13.2 Å². The van der Waals surface area contributed by atoms with Crippen LogP contribution in [0.5, 0.6) is 0 Å². The highest BCUT2D eigenvalue weighted by Gasteiger charge is 2.25. The predicted octanol–water partition coefficient (Wildman–Crippen LogP) is 2.14. The van der Waals surface area contributed by atoms with Gasteiger partial charge in [0.15, 0.2) is 9.84 Å². The van der Waals surface area contributed by atoms with Gasteiger partial charge in [0.2, 0.25) is 5.91 Å². The highest BCUT2D eigenvalue weighted by molar-refractivity contribution is 7.94. The Morgan fingerprint density at radius 2 is 2.13 bits per heavy atom. The van der Waals surface area contributed by atoms with Gasteiger partial charge in [0.1, 0.15) is 0 Å². The number of carbonyl (C=O) groups is 1. The number of benzene rings is 1. The number of pyridine rings is 1. The van der Waals surface area contributed by atoms with E-state index in [1.807, 2.05) is 30.3 Å². The van der Waals surface area contributed by atoms with E-state index in [0.717, 1.165) is 16.5 Å². The Kier molecular flexibility index (Phi) is 4.17. The Morgan fingerprint density at radius 3 is 2.87 bits per heavy atom. The molecule has 0 N–H and O–H groups in total. The summed E-state index contributed by atoms with van der Waals surface area (Å²) < 4.78 is 22.8. The van der Waals surface area contributed by atoms with E-state index in [4.69, 9.17) is 0 Å². The van der Waals surface area contributed by atoms with Crippen LogP contribution in [0.15, 0.2) is 48.0 Å². The molecule has 0 saturated heterocycles. The highest BCUT2D eigenvalue weighted by atomic mass is 32.2. The normalized spacial score (nSPS) is 19.1. The average molecular weight is 330 g/mol. The lowest BCUT2D eigenvalue weighted by Crippen LogP contribution is -2.28. The molecule has 1 aromatic heterocycles. The molecule has 2 heterocycles. The molecule has 0 bridgehead atoms. The van der Waals surface area contributed by atoms with Crippen molar-refractivity contribution in [3.05, 3.63) is 53.6 Å². The monoisotopic (exact) mass is 330 g/mol. The molecule has 2 aromatic rings. The molecular weight excluding hydrogens is 312 g/mol. The molecular formula is C17H18N2O3S. The van der Waals surface area contributed by atoms with Crippen molar-refractivity contribution in [1.29, 1.82) is 0 Å². The van der Waals surface area contributed by atoms with Gasteiger partial charge in [-0.2, -0.15) is 0 Å². The fourth-order valence-corrected chi connectivity index (χ4v) is 4.19. The summed E-state index contributed by atoms with van der Waals surface area (Å²) in [4.78, 5) is 18.3. The summed E-state index contributed by atoms with van der Waals surface area (Å²) in [7, 11) is -1.37. The number of carbonyl (C=O) groups excluding carboxylic acids is 1. The van der Waals surface area contributed by atoms with Crippen LogP contribution in [0, 0.1) is 5.92 Å². The molecule has 1 aliphatic rings. The van der Waals surface area contributed by atoms with E-state index >= 15 is 0 Å². The molecule has 120 valence electrons. The summed E-state index contributed by atoms with van der Waals surface area (Å²) in [5.41, 5.74) is 1.93. The van der Waals surface area contributed by atoms with Crippen LogP contribution in [-0.2, 0) is 21.2 Å². The van der Waals surface area contributed by atoms with Crippen molar-refractivity contribution in [1.82, 2.24) is 9.88 Å². The van der Waals surface area contributed by atoms with E-state index in [9.17, 15) is 13.2 Å². The molecule has 23 heavy (non-hydrogen) atoms. The van der Waals surface area contributed by atoms with Crippen LogP contribution in [0.4, 0.5) is 0 Å². The first-order chi connectivity index (χ1) is 10.9. The third-order valence-electron chi connectivity index (χ3n) is 4.01. The SMILES string of the molecule is CN(Cc1cccc2ncccc12)C(=O)C[C@H]1C=CS(=O)(=O)C1. The van der Waals surface area contributed by atoms with Crippen LogP contribution in [0.1, 0.15) is 12.0 Å². The van der Waals surface area contributed by atoms with E-state index < -0.39 is 9.84 Å². The summed E-state index contributed by atoms with van der Waals surface area (Å²) >= 11 is 0. The maximum Gasteiger partial charge on any atom is 0.223 e. The minimum atomic E-state index is -3.11. The van der Waals surface area contributed by atoms with Crippen molar-refractivity contribution in [3.8, 4) is 0 Å². The molecule has 0 unspecified atom stereocenters. The largest absolute Gasteiger partial charge is 0.341 e. The Morgan fingerprint density at radius 1 is 1.30 bits per heavy atom. The molecule has 1 atom stereocenters. The van der Waals surface area contributed by atoms with Gasteiger partial charge in [-0.3, -0.25) is 9.78 Å². The summed E-state index contributed by atoms with van der Waals surface area (Å²) in [5, 5.41) is 2.24. The number of fused-ring (bicyclic) bond motifs is 1. The Bertz CT molecular complexity index is 869. The van der Waals surface area contributed by atoms with Crippen LogP contribution < -0.4 is 0 Å². The number of amides is 1. The molecule has 0 saturated carbocycles. The number of sulfone groups is 1. The van der Waals surface area contributed by atoms with Crippen LogP contribution >= 0.6 is 0 Å². The molecule has 1 amide bonds. The summed E-state index contributed by atoms with van der Waals surface area (Å²) in [6.45, 7) is 0.477. The Hall–Kier alpha value is -2.21. The third kappa shape index (κ3) is 3.59. The summed E-state index contributed by atoms with van der Waals surface area (Å²) in [6, 6.07) is 9.71. The quantitative estimate of drug-likeness (QED) is 0.861. The molecule has 0 spiro atoms. The number of hydrogen-bond donors (Lipinski definition) is 0. The van der Waals surface area contributed by atoms with Gasteiger partial charge in [-0.25, -0.2) is 8.42 Å². The van der Waals surface area contributed by atoms with Gasteiger partial charge in [-0.05, 0) is 17.7 Å². The lowest BCUT2D eigenvalue weighted by atomic mass is 10.1. The van der Waals surface area contributed by atoms with Crippen LogP contribution in [0.2, 0.25) is 0 Å². The second kappa shape index (κ2) is 6.12. The number of aromatic nitrogens is 1. The van der Waals surface area contributed by atoms with E-state index in [1.54, 1.807) is 24.2 Å². The first-order valence-corrected chi connectivity index (χ1v) is 9.14. The van der Waals surface area contributed by atoms with Crippen molar-refractivity contribution in [2.45, 2.75) is 13.0 Å². The van der Waals surface area contributed by atoms with Crippen LogP contribution in [0.25, 0.3) is 10.9 Å². The molecule has 0 aliphatic carbocycles.